The molecular formula is C20H27N6O5S2+. The van der Waals surface area contributed by atoms with Crippen molar-refractivity contribution in [3.8, 4) is 0 Å². The number of carboxylic acids is 1. The molecule has 0 saturated carbocycles. The third-order valence-corrected chi connectivity index (χ3v) is 8.42. The van der Waals surface area contributed by atoms with E-state index in [0.29, 0.717) is 12.3 Å². The fraction of sp³-hybridized carbons (Fsp3) is 0.550. The first-order valence-corrected chi connectivity index (χ1v) is 12.6. The summed E-state index contributed by atoms with van der Waals surface area (Å²) >= 11 is 2.62. The van der Waals surface area contributed by atoms with Gasteiger partial charge in [-0.3, -0.25) is 14.5 Å². The third-order valence-electron chi connectivity index (χ3n) is 6.41. The number of amides is 2. The molecule has 11 nitrogen and oxygen atoms in total. The van der Waals surface area contributed by atoms with Crippen molar-refractivity contribution in [2.45, 2.75) is 31.2 Å². The minimum Gasteiger partial charge on any atom is -0.477 e. The summed E-state index contributed by atoms with van der Waals surface area (Å²) < 4.78 is 0.854. The molecule has 0 radical (unpaired) electrons. The summed E-state index contributed by atoms with van der Waals surface area (Å²) in [6.07, 6.45) is 2.26. The normalized spacial score (nSPS) is 24.4. The third kappa shape index (κ3) is 4.32. The van der Waals surface area contributed by atoms with E-state index in [0.717, 1.165) is 53.9 Å². The maximum atomic E-state index is 13.0. The Balaban J connectivity index is 1.53. The molecule has 33 heavy (non-hydrogen) atoms. The van der Waals surface area contributed by atoms with Crippen LogP contribution >= 0.6 is 23.1 Å². The number of nitrogens with one attached hydrogen (secondary N) is 1. The van der Waals surface area contributed by atoms with Gasteiger partial charge in [0.2, 0.25) is 0 Å². The number of nitrogen functional groups attached to an aromatic ring is 1. The average Bonchev–Trinajstić information content (AvgIpc) is 3.44. The largest absolute Gasteiger partial charge is 0.477 e. The average molecular weight is 496 g/mol. The zero-order valence-corrected chi connectivity index (χ0v) is 20.1. The molecule has 2 saturated heterocycles. The van der Waals surface area contributed by atoms with Crippen LogP contribution in [-0.4, -0.2) is 93.4 Å². The predicted octanol–water partition coefficient (Wildman–Crippen LogP) is 0.445. The molecule has 3 aliphatic rings. The van der Waals surface area contributed by atoms with E-state index in [2.05, 4.69) is 22.4 Å². The molecule has 4 rings (SSSR count). The number of hydrogen-bond donors (Lipinski definition) is 3. The molecule has 4 N–H and O–H groups in total. The quantitative estimate of drug-likeness (QED) is 0.204. The lowest BCUT2D eigenvalue weighted by molar-refractivity contribution is -0.910. The first-order valence-electron chi connectivity index (χ1n) is 10.7. The fourth-order valence-corrected chi connectivity index (χ4v) is 6.59. The highest BCUT2D eigenvalue weighted by atomic mass is 32.2. The van der Waals surface area contributed by atoms with Crippen LogP contribution in [-0.2, 0) is 19.2 Å². The minimum absolute atomic E-state index is 0.0603. The van der Waals surface area contributed by atoms with Crippen LogP contribution in [0, 0.1) is 0 Å². The van der Waals surface area contributed by atoms with E-state index < -0.39 is 29.2 Å². The number of thioether (sulfide) groups is 1. The van der Waals surface area contributed by atoms with Crippen LogP contribution in [0.15, 0.2) is 21.8 Å². The number of hydrogen-bond acceptors (Lipinski definition) is 9. The highest BCUT2D eigenvalue weighted by Gasteiger charge is 2.55. The molecule has 0 bridgehead atoms. The van der Waals surface area contributed by atoms with Crippen molar-refractivity contribution < 1.29 is 28.8 Å². The summed E-state index contributed by atoms with van der Waals surface area (Å²) in [6, 6.07) is -0.863. The summed E-state index contributed by atoms with van der Waals surface area (Å²) in [5.74, 6) is -1.69. The molecular weight excluding hydrogens is 468 g/mol. The number of fused-ring (bicyclic) bond motifs is 1. The predicted molar refractivity (Wildman–Crippen MR) is 124 cm³/mol. The van der Waals surface area contributed by atoms with Gasteiger partial charge in [0.1, 0.15) is 36.5 Å². The lowest BCUT2D eigenvalue weighted by Crippen LogP contribution is -2.71. The number of oxime groups is 1. The summed E-state index contributed by atoms with van der Waals surface area (Å²) in [4.78, 5) is 48.1. The Kier molecular flexibility index (Phi) is 6.64. The number of carbonyl (C=O) groups is 3. The SMILES string of the molecule is CC[N+]1(CC2=C(C(=O)O)N3C(=O)C(NC(=O)C(=NOC)c4csc(N)n4)[C@@H]3SC2)CCCC1. The topological polar surface area (TPSA) is 147 Å². The van der Waals surface area contributed by atoms with Gasteiger partial charge in [0.05, 0.1) is 19.6 Å². The molecule has 3 aliphatic heterocycles. The number of anilines is 1. The monoisotopic (exact) mass is 495 g/mol. The van der Waals surface area contributed by atoms with E-state index >= 15 is 0 Å². The van der Waals surface area contributed by atoms with Crippen LogP contribution in [0.4, 0.5) is 5.13 Å². The Morgan fingerprint density at radius 3 is 2.73 bits per heavy atom. The second kappa shape index (κ2) is 9.31. The zero-order chi connectivity index (χ0) is 23.8. The standard InChI is InChI=1S/C20H26N6O5S2/c1-3-26(6-4-5-7-26)8-11-9-32-18-14(17(28)25(18)15(11)19(29)30)23-16(27)13(24-31-2)12-10-33-20(21)22-12/h10,14,18H,3-9H2,1-2H3,(H3-,21,22,23,27,29,30)/p+1/t14?,18-/m0/s1. The van der Waals surface area contributed by atoms with Crippen LogP contribution in [0.2, 0.25) is 0 Å². The summed E-state index contributed by atoms with van der Waals surface area (Å²) in [6.45, 7) is 5.74. The Morgan fingerprint density at radius 2 is 2.15 bits per heavy atom. The van der Waals surface area contributed by atoms with Crippen LogP contribution in [0.25, 0.3) is 0 Å². The number of quaternary nitrogens is 1. The van der Waals surface area contributed by atoms with Crippen molar-refractivity contribution in [1.82, 2.24) is 15.2 Å². The highest BCUT2D eigenvalue weighted by Crippen LogP contribution is 2.41. The smallest absolute Gasteiger partial charge is 0.352 e. The minimum atomic E-state index is -1.11. The number of aromatic nitrogens is 1. The number of nitrogens with zero attached hydrogens (tertiary/aromatic N) is 4. The number of carboxylic acid groups (broad SMARTS) is 1. The number of aliphatic carboxylic acids is 1. The van der Waals surface area contributed by atoms with E-state index in [4.69, 9.17) is 10.6 Å². The molecule has 178 valence electrons. The van der Waals surface area contributed by atoms with E-state index in [9.17, 15) is 19.5 Å². The van der Waals surface area contributed by atoms with Gasteiger partial charge in [0.15, 0.2) is 10.8 Å². The Labute approximate surface area is 199 Å². The first kappa shape index (κ1) is 23.5. The molecule has 2 atom stereocenters. The fourth-order valence-electron chi connectivity index (χ4n) is 4.70. The van der Waals surface area contributed by atoms with E-state index in [-0.39, 0.29) is 22.2 Å². The van der Waals surface area contributed by atoms with E-state index in [1.54, 1.807) is 5.38 Å². The van der Waals surface area contributed by atoms with Crippen LogP contribution in [0.3, 0.4) is 0 Å². The number of thiazole rings is 1. The number of carbonyl (C=O) groups excluding carboxylic acids is 2. The summed E-state index contributed by atoms with van der Waals surface area (Å²) in [7, 11) is 1.30. The molecule has 2 fully saturated rings. The lowest BCUT2D eigenvalue weighted by atomic mass is 10.0. The molecule has 1 aromatic heterocycles. The van der Waals surface area contributed by atoms with Crippen molar-refractivity contribution in [2.24, 2.45) is 5.16 Å². The number of rotatable bonds is 8. The van der Waals surface area contributed by atoms with Gasteiger partial charge in [0, 0.05) is 29.5 Å². The van der Waals surface area contributed by atoms with Crippen LogP contribution in [0.5, 0.6) is 0 Å². The number of likely N-dealkylation sites (tertiary alicyclic amines) is 1. The van der Waals surface area contributed by atoms with Gasteiger partial charge in [-0.15, -0.1) is 23.1 Å². The van der Waals surface area contributed by atoms with Crippen molar-refractivity contribution in [3.63, 3.8) is 0 Å². The Hall–Kier alpha value is -2.64. The molecule has 0 aliphatic carbocycles. The molecule has 13 heteroatoms. The van der Waals surface area contributed by atoms with Crippen molar-refractivity contribution >= 4 is 51.7 Å². The van der Waals surface area contributed by atoms with Gasteiger partial charge in [-0.05, 0) is 6.92 Å². The van der Waals surface area contributed by atoms with Crippen molar-refractivity contribution in [1.29, 1.82) is 0 Å². The molecule has 0 aromatic carbocycles. The van der Waals surface area contributed by atoms with Crippen molar-refractivity contribution in [3.05, 3.63) is 22.3 Å². The summed E-state index contributed by atoms with van der Waals surface area (Å²) in [5.41, 5.74) is 6.63. The maximum absolute atomic E-state index is 13.0. The molecule has 4 heterocycles. The number of nitrogens with two attached hydrogens (primary N) is 1. The summed E-state index contributed by atoms with van der Waals surface area (Å²) in [5, 5.41) is 17.7. The Morgan fingerprint density at radius 1 is 1.42 bits per heavy atom. The van der Waals surface area contributed by atoms with Gasteiger partial charge in [-0.1, -0.05) is 5.16 Å². The maximum Gasteiger partial charge on any atom is 0.352 e. The van der Waals surface area contributed by atoms with E-state index in [1.165, 1.54) is 23.8 Å². The van der Waals surface area contributed by atoms with Crippen LogP contribution in [0.1, 0.15) is 25.5 Å². The lowest BCUT2D eigenvalue weighted by Gasteiger charge is -2.50. The van der Waals surface area contributed by atoms with Gasteiger partial charge in [0.25, 0.3) is 11.8 Å². The number of β-lactam (4-membered cyclic amide) rings is 1. The second-order valence-electron chi connectivity index (χ2n) is 8.28. The zero-order valence-electron chi connectivity index (χ0n) is 18.4. The highest BCUT2D eigenvalue weighted by molar-refractivity contribution is 8.00. The van der Waals surface area contributed by atoms with Crippen molar-refractivity contribution in [2.75, 3.05) is 44.8 Å². The number of likely N-dealkylation sites (N-methyl/N-ethyl adjacent to an activating group) is 1. The molecule has 1 aromatic rings. The van der Waals surface area contributed by atoms with Gasteiger partial charge >= 0.3 is 5.97 Å². The van der Waals surface area contributed by atoms with Crippen LogP contribution < -0.4 is 11.1 Å². The van der Waals surface area contributed by atoms with E-state index in [1.807, 2.05) is 0 Å². The first-order chi connectivity index (χ1) is 15.8. The molecule has 2 amide bonds. The van der Waals surface area contributed by atoms with Gasteiger partial charge < -0.3 is 25.5 Å². The second-order valence-corrected chi connectivity index (χ2v) is 10.3. The molecule has 0 spiro atoms. The van der Waals surface area contributed by atoms with Gasteiger partial charge in [-0.2, -0.15) is 0 Å². The Bertz CT molecular complexity index is 1030. The molecule has 1 unspecified atom stereocenters. The van der Waals surface area contributed by atoms with Gasteiger partial charge in [-0.25, -0.2) is 9.78 Å².